The number of piperidine rings is 1. The van der Waals surface area contributed by atoms with Crippen LogP contribution in [-0.4, -0.2) is 32.7 Å². The highest BCUT2D eigenvalue weighted by Crippen LogP contribution is 2.17. The van der Waals surface area contributed by atoms with Crippen LogP contribution in [0.25, 0.3) is 5.78 Å². The van der Waals surface area contributed by atoms with E-state index in [1.54, 1.807) is 0 Å². The molecule has 102 valence electrons. The SMILES string of the molecule is Cc1cc(=O)n2[nH]c(CCC3CCNCC3)nc2n1. The van der Waals surface area contributed by atoms with E-state index < -0.39 is 0 Å². The second-order valence-electron chi connectivity index (χ2n) is 5.27. The summed E-state index contributed by atoms with van der Waals surface area (Å²) in [5, 5.41) is 6.41. The second-order valence-corrected chi connectivity index (χ2v) is 5.27. The van der Waals surface area contributed by atoms with Crippen LogP contribution in [-0.2, 0) is 6.42 Å². The van der Waals surface area contributed by atoms with Crippen LogP contribution in [0.4, 0.5) is 0 Å². The number of hydrogen-bond acceptors (Lipinski definition) is 4. The number of nitrogens with zero attached hydrogens (tertiary/aromatic N) is 3. The largest absolute Gasteiger partial charge is 0.317 e. The molecule has 0 unspecified atom stereocenters. The molecule has 19 heavy (non-hydrogen) atoms. The molecular formula is C13H19N5O. The Morgan fingerprint density at radius 3 is 2.95 bits per heavy atom. The second kappa shape index (κ2) is 5.13. The third-order valence-corrected chi connectivity index (χ3v) is 3.75. The molecule has 0 bridgehead atoms. The highest BCUT2D eigenvalue weighted by Gasteiger charge is 2.14. The third kappa shape index (κ3) is 2.68. The van der Waals surface area contributed by atoms with E-state index in [9.17, 15) is 4.79 Å². The molecule has 0 aliphatic carbocycles. The molecule has 0 saturated carbocycles. The molecule has 6 nitrogen and oxygen atoms in total. The molecule has 0 spiro atoms. The van der Waals surface area contributed by atoms with Gasteiger partial charge in [0.15, 0.2) is 0 Å². The first-order chi connectivity index (χ1) is 9.22. The van der Waals surface area contributed by atoms with E-state index in [0.717, 1.165) is 37.7 Å². The Hall–Kier alpha value is -1.69. The maximum absolute atomic E-state index is 11.8. The van der Waals surface area contributed by atoms with Gasteiger partial charge in [0.05, 0.1) is 0 Å². The molecule has 2 N–H and O–H groups in total. The Labute approximate surface area is 111 Å². The Morgan fingerprint density at radius 1 is 1.37 bits per heavy atom. The lowest BCUT2D eigenvalue weighted by Gasteiger charge is -2.21. The summed E-state index contributed by atoms with van der Waals surface area (Å²) >= 11 is 0. The van der Waals surface area contributed by atoms with Crippen LogP contribution < -0.4 is 10.9 Å². The molecule has 2 aromatic rings. The van der Waals surface area contributed by atoms with E-state index in [4.69, 9.17) is 0 Å². The normalized spacial score (nSPS) is 17.1. The monoisotopic (exact) mass is 261 g/mol. The molecule has 3 rings (SSSR count). The molecular weight excluding hydrogens is 242 g/mol. The molecule has 6 heteroatoms. The van der Waals surface area contributed by atoms with E-state index in [1.165, 1.54) is 23.4 Å². The number of fused-ring (bicyclic) bond motifs is 1. The first-order valence-electron chi connectivity index (χ1n) is 6.88. The van der Waals surface area contributed by atoms with Crippen molar-refractivity contribution in [2.75, 3.05) is 13.1 Å². The van der Waals surface area contributed by atoms with E-state index in [2.05, 4.69) is 20.4 Å². The van der Waals surface area contributed by atoms with E-state index in [-0.39, 0.29) is 5.56 Å². The minimum absolute atomic E-state index is 0.0943. The lowest BCUT2D eigenvalue weighted by molar-refractivity contribution is 0.352. The molecule has 2 aromatic heterocycles. The molecule has 3 heterocycles. The fourth-order valence-corrected chi connectivity index (χ4v) is 2.66. The predicted molar refractivity (Wildman–Crippen MR) is 72.3 cm³/mol. The topological polar surface area (TPSA) is 75.1 Å². The molecule has 0 amide bonds. The van der Waals surface area contributed by atoms with Gasteiger partial charge >= 0.3 is 0 Å². The minimum Gasteiger partial charge on any atom is -0.317 e. The quantitative estimate of drug-likeness (QED) is 0.851. The van der Waals surface area contributed by atoms with Gasteiger partial charge in [0.1, 0.15) is 5.82 Å². The average Bonchev–Trinajstić information content (AvgIpc) is 2.81. The number of nitrogens with one attached hydrogen (secondary N) is 2. The van der Waals surface area contributed by atoms with Crippen LogP contribution >= 0.6 is 0 Å². The van der Waals surface area contributed by atoms with Crippen LogP contribution in [0.1, 0.15) is 30.8 Å². The summed E-state index contributed by atoms with van der Waals surface area (Å²) in [7, 11) is 0. The Morgan fingerprint density at radius 2 is 2.16 bits per heavy atom. The number of rotatable bonds is 3. The van der Waals surface area contributed by atoms with Crippen LogP contribution in [0.3, 0.4) is 0 Å². The fraction of sp³-hybridized carbons (Fsp3) is 0.615. The van der Waals surface area contributed by atoms with Crippen molar-refractivity contribution in [1.29, 1.82) is 0 Å². The van der Waals surface area contributed by atoms with Gasteiger partial charge in [-0.25, -0.2) is 4.98 Å². The van der Waals surface area contributed by atoms with Gasteiger partial charge in [-0.05, 0) is 45.2 Å². The van der Waals surface area contributed by atoms with Crippen molar-refractivity contribution in [2.24, 2.45) is 5.92 Å². The van der Waals surface area contributed by atoms with Crippen molar-refractivity contribution in [3.8, 4) is 0 Å². The number of aryl methyl sites for hydroxylation is 2. The zero-order valence-corrected chi connectivity index (χ0v) is 11.1. The highest BCUT2D eigenvalue weighted by atomic mass is 16.1. The molecule has 0 atom stereocenters. The minimum atomic E-state index is -0.0943. The lowest BCUT2D eigenvalue weighted by atomic mass is 9.93. The maximum atomic E-state index is 11.8. The first kappa shape index (κ1) is 12.3. The van der Waals surface area contributed by atoms with Crippen molar-refractivity contribution in [2.45, 2.75) is 32.6 Å². The lowest BCUT2D eigenvalue weighted by Crippen LogP contribution is -2.27. The van der Waals surface area contributed by atoms with Gasteiger partial charge in [0.2, 0.25) is 0 Å². The van der Waals surface area contributed by atoms with Gasteiger partial charge in [0.25, 0.3) is 11.3 Å². The third-order valence-electron chi connectivity index (χ3n) is 3.75. The van der Waals surface area contributed by atoms with Crippen LogP contribution in [0.15, 0.2) is 10.9 Å². The molecule has 1 aliphatic heterocycles. The zero-order valence-electron chi connectivity index (χ0n) is 11.1. The van der Waals surface area contributed by atoms with Gasteiger partial charge in [-0.1, -0.05) is 0 Å². The van der Waals surface area contributed by atoms with Crippen LogP contribution in [0.2, 0.25) is 0 Å². The summed E-state index contributed by atoms with van der Waals surface area (Å²) in [5.74, 6) is 2.10. The fourth-order valence-electron chi connectivity index (χ4n) is 2.66. The molecule has 0 radical (unpaired) electrons. The zero-order chi connectivity index (χ0) is 13.2. The number of aromatic amines is 1. The van der Waals surface area contributed by atoms with Crippen LogP contribution in [0, 0.1) is 12.8 Å². The summed E-state index contributed by atoms with van der Waals surface area (Å²) < 4.78 is 1.42. The standard InChI is InChI=1S/C13H19N5O/c1-9-8-12(19)18-13(15-9)16-11(17-18)3-2-10-4-6-14-7-5-10/h8,10,14H,2-7H2,1H3,(H,15,16,17). The average molecular weight is 261 g/mol. The van der Waals surface area contributed by atoms with Crippen molar-refractivity contribution in [3.05, 3.63) is 27.9 Å². The van der Waals surface area contributed by atoms with Gasteiger partial charge < -0.3 is 5.32 Å². The van der Waals surface area contributed by atoms with E-state index in [1.807, 2.05) is 6.92 Å². The maximum Gasteiger partial charge on any atom is 0.274 e. The Bertz CT molecular complexity index is 623. The van der Waals surface area contributed by atoms with Crippen molar-refractivity contribution < 1.29 is 0 Å². The molecule has 1 aliphatic rings. The van der Waals surface area contributed by atoms with Crippen molar-refractivity contribution >= 4 is 5.78 Å². The molecule has 1 saturated heterocycles. The van der Waals surface area contributed by atoms with Crippen molar-refractivity contribution in [1.82, 2.24) is 24.9 Å². The summed E-state index contributed by atoms with van der Waals surface area (Å²) in [6, 6.07) is 1.52. The Balaban J connectivity index is 1.74. The summed E-state index contributed by atoms with van der Waals surface area (Å²) in [6.45, 7) is 4.04. The van der Waals surface area contributed by atoms with Gasteiger partial charge in [0, 0.05) is 18.2 Å². The summed E-state index contributed by atoms with van der Waals surface area (Å²) in [5.41, 5.74) is 0.615. The van der Waals surface area contributed by atoms with Crippen molar-refractivity contribution in [3.63, 3.8) is 0 Å². The smallest absolute Gasteiger partial charge is 0.274 e. The van der Waals surface area contributed by atoms with Gasteiger partial charge in [-0.15, -0.1) is 0 Å². The predicted octanol–water partition coefficient (Wildman–Crippen LogP) is 0.658. The first-order valence-corrected chi connectivity index (χ1v) is 6.88. The van der Waals surface area contributed by atoms with E-state index >= 15 is 0 Å². The van der Waals surface area contributed by atoms with Gasteiger partial charge in [-0.2, -0.15) is 9.50 Å². The van der Waals surface area contributed by atoms with Crippen LogP contribution in [0.5, 0.6) is 0 Å². The van der Waals surface area contributed by atoms with E-state index in [0.29, 0.717) is 11.5 Å². The number of hydrogen-bond donors (Lipinski definition) is 2. The Kier molecular flexibility index (Phi) is 3.33. The number of H-pyrrole nitrogens is 1. The number of aromatic nitrogens is 4. The molecule has 1 fully saturated rings. The summed E-state index contributed by atoms with van der Waals surface area (Å²) in [4.78, 5) is 20.4. The summed E-state index contributed by atoms with van der Waals surface area (Å²) in [6.07, 6.45) is 4.47. The molecule has 0 aromatic carbocycles. The van der Waals surface area contributed by atoms with Gasteiger partial charge in [-0.3, -0.25) is 9.89 Å². The highest BCUT2D eigenvalue weighted by molar-refractivity contribution is 5.27.